The second-order valence-electron chi connectivity index (χ2n) is 3.34. The maximum absolute atomic E-state index is 11.1. The lowest BCUT2D eigenvalue weighted by molar-refractivity contribution is 0.388. The molecule has 0 aliphatic heterocycles. The van der Waals surface area contributed by atoms with E-state index < -0.39 is 9.84 Å². The Balaban J connectivity index is 2.23. The average Bonchev–Trinajstić information content (AvgIpc) is 2.59. The Bertz CT molecular complexity index is 397. The van der Waals surface area contributed by atoms with Crippen molar-refractivity contribution in [3.8, 4) is 0 Å². The summed E-state index contributed by atoms with van der Waals surface area (Å²) < 4.78 is 27.2. The Morgan fingerprint density at radius 2 is 2.27 bits per heavy atom. The highest BCUT2D eigenvalue weighted by atomic mass is 32.2. The summed E-state index contributed by atoms with van der Waals surface area (Å²) in [6.45, 7) is 4.45. The lowest BCUT2D eigenvalue weighted by Gasteiger charge is -2.01. The molecule has 6 heteroatoms. The minimum absolute atomic E-state index is 0.167. The molecule has 15 heavy (non-hydrogen) atoms. The van der Waals surface area contributed by atoms with Crippen molar-refractivity contribution < 1.29 is 12.9 Å². The average molecular weight is 232 g/mol. The van der Waals surface area contributed by atoms with Crippen LogP contribution < -0.4 is 5.32 Å². The van der Waals surface area contributed by atoms with E-state index in [0.29, 0.717) is 13.1 Å². The van der Waals surface area contributed by atoms with Crippen molar-refractivity contribution >= 4 is 9.84 Å². The third kappa shape index (κ3) is 4.44. The fourth-order valence-corrected chi connectivity index (χ4v) is 1.83. The van der Waals surface area contributed by atoms with Crippen molar-refractivity contribution in [2.45, 2.75) is 20.4 Å². The summed E-state index contributed by atoms with van der Waals surface area (Å²) in [5.74, 6) is 1.12. The standard InChI is InChI=1S/C9H16N2O3S/c1-3-15(12,13)5-4-10-7-9-6-8(2)14-11-9/h6,10H,3-5,7H2,1-2H3. The molecule has 1 N–H and O–H groups in total. The molecule has 0 spiro atoms. The number of nitrogens with one attached hydrogen (secondary N) is 1. The summed E-state index contributed by atoms with van der Waals surface area (Å²) in [5.41, 5.74) is 0.793. The van der Waals surface area contributed by atoms with Gasteiger partial charge in [0, 0.05) is 24.9 Å². The van der Waals surface area contributed by atoms with Gasteiger partial charge in [-0.1, -0.05) is 12.1 Å². The minimum atomic E-state index is -2.88. The predicted molar refractivity (Wildman–Crippen MR) is 57.3 cm³/mol. The zero-order valence-electron chi connectivity index (χ0n) is 8.99. The molecule has 0 saturated heterocycles. The monoisotopic (exact) mass is 232 g/mol. The van der Waals surface area contributed by atoms with Gasteiger partial charge < -0.3 is 9.84 Å². The van der Waals surface area contributed by atoms with Crippen LogP contribution >= 0.6 is 0 Å². The van der Waals surface area contributed by atoms with E-state index in [1.165, 1.54) is 0 Å². The molecule has 0 aliphatic rings. The van der Waals surface area contributed by atoms with Crippen molar-refractivity contribution in [3.05, 3.63) is 17.5 Å². The summed E-state index contributed by atoms with van der Waals surface area (Å²) in [7, 11) is -2.88. The highest BCUT2D eigenvalue weighted by Crippen LogP contribution is 2.00. The Morgan fingerprint density at radius 3 is 2.80 bits per heavy atom. The number of hydrogen-bond donors (Lipinski definition) is 1. The number of rotatable bonds is 6. The molecule has 0 bridgehead atoms. The molecule has 0 aromatic carbocycles. The van der Waals surface area contributed by atoms with Gasteiger partial charge in [-0.15, -0.1) is 0 Å². The van der Waals surface area contributed by atoms with Gasteiger partial charge in [0.15, 0.2) is 9.84 Å². The lowest BCUT2D eigenvalue weighted by Crippen LogP contribution is -2.23. The molecular weight excluding hydrogens is 216 g/mol. The van der Waals surface area contributed by atoms with Crippen LogP contribution in [0.2, 0.25) is 0 Å². The largest absolute Gasteiger partial charge is 0.361 e. The van der Waals surface area contributed by atoms with Gasteiger partial charge in [-0.3, -0.25) is 0 Å². The highest BCUT2D eigenvalue weighted by molar-refractivity contribution is 7.91. The molecule has 0 saturated carbocycles. The van der Waals surface area contributed by atoms with E-state index in [1.807, 2.05) is 13.0 Å². The van der Waals surface area contributed by atoms with Gasteiger partial charge in [0.1, 0.15) is 5.76 Å². The first kappa shape index (κ1) is 12.2. The van der Waals surface area contributed by atoms with Crippen LogP contribution in [0, 0.1) is 6.92 Å². The fraction of sp³-hybridized carbons (Fsp3) is 0.667. The Kier molecular flexibility index (Phi) is 4.28. The Morgan fingerprint density at radius 1 is 1.53 bits per heavy atom. The molecule has 0 atom stereocenters. The number of sulfone groups is 1. The molecule has 1 rings (SSSR count). The van der Waals surface area contributed by atoms with Crippen molar-refractivity contribution in [2.24, 2.45) is 0 Å². The van der Waals surface area contributed by atoms with Crippen LogP contribution in [-0.4, -0.2) is 31.6 Å². The SMILES string of the molecule is CCS(=O)(=O)CCNCc1cc(C)on1. The maximum atomic E-state index is 11.1. The Hall–Kier alpha value is -0.880. The quantitative estimate of drug-likeness (QED) is 0.723. The molecule has 0 aliphatic carbocycles. The number of hydrogen-bond acceptors (Lipinski definition) is 5. The van der Waals surface area contributed by atoms with Crippen LogP contribution in [-0.2, 0) is 16.4 Å². The van der Waals surface area contributed by atoms with Crippen LogP contribution in [0.5, 0.6) is 0 Å². The van der Waals surface area contributed by atoms with Gasteiger partial charge >= 0.3 is 0 Å². The van der Waals surface area contributed by atoms with Crippen LogP contribution in [0.3, 0.4) is 0 Å². The number of aryl methyl sites for hydroxylation is 1. The van der Waals surface area contributed by atoms with Gasteiger partial charge in [0.05, 0.1) is 11.4 Å². The molecular formula is C9H16N2O3S. The van der Waals surface area contributed by atoms with E-state index in [-0.39, 0.29) is 11.5 Å². The summed E-state index contributed by atoms with van der Waals surface area (Å²) in [6.07, 6.45) is 0. The molecule has 0 unspecified atom stereocenters. The van der Waals surface area contributed by atoms with Crippen LogP contribution in [0.25, 0.3) is 0 Å². The maximum Gasteiger partial charge on any atom is 0.151 e. The first-order valence-electron chi connectivity index (χ1n) is 4.87. The van der Waals surface area contributed by atoms with Gasteiger partial charge in [-0.05, 0) is 6.92 Å². The topological polar surface area (TPSA) is 72.2 Å². The minimum Gasteiger partial charge on any atom is -0.361 e. The smallest absolute Gasteiger partial charge is 0.151 e. The van der Waals surface area contributed by atoms with E-state index in [9.17, 15) is 8.42 Å². The summed E-state index contributed by atoms with van der Waals surface area (Å²) >= 11 is 0. The highest BCUT2D eigenvalue weighted by Gasteiger charge is 2.06. The van der Waals surface area contributed by atoms with Crippen molar-refractivity contribution in [1.29, 1.82) is 0 Å². The van der Waals surface area contributed by atoms with E-state index >= 15 is 0 Å². The van der Waals surface area contributed by atoms with Gasteiger partial charge in [-0.25, -0.2) is 8.42 Å². The van der Waals surface area contributed by atoms with Crippen molar-refractivity contribution in [1.82, 2.24) is 10.5 Å². The predicted octanol–water partition coefficient (Wildman–Crippen LogP) is 0.507. The van der Waals surface area contributed by atoms with Crippen LogP contribution in [0.15, 0.2) is 10.6 Å². The summed E-state index contributed by atoms with van der Waals surface area (Å²) in [5, 5.41) is 6.79. The first-order chi connectivity index (χ1) is 7.03. The molecule has 86 valence electrons. The van der Waals surface area contributed by atoms with Crippen LogP contribution in [0.1, 0.15) is 18.4 Å². The number of aromatic nitrogens is 1. The van der Waals surface area contributed by atoms with E-state index in [0.717, 1.165) is 11.5 Å². The van der Waals surface area contributed by atoms with E-state index in [2.05, 4.69) is 10.5 Å². The van der Waals surface area contributed by atoms with E-state index in [1.54, 1.807) is 6.92 Å². The van der Waals surface area contributed by atoms with Crippen molar-refractivity contribution in [3.63, 3.8) is 0 Å². The molecule has 1 aromatic rings. The van der Waals surface area contributed by atoms with E-state index in [4.69, 9.17) is 4.52 Å². The first-order valence-corrected chi connectivity index (χ1v) is 6.69. The second kappa shape index (κ2) is 5.27. The van der Waals surface area contributed by atoms with Gasteiger partial charge in [0.25, 0.3) is 0 Å². The third-order valence-corrected chi connectivity index (χ3v) is 3.72. The molecule has 5 nitrogen and oxygen atoms in total. The van der Waals surface area contributed by atoms with Crippen LogP contribution in [0.4, 0.5) is 0 Å². The number of nitrogens with zero attached hydrogens (tertiary/aromatic N) is 1. The third-order valence-electron chi connectivity index (χ3n) is 2.01. The molecule has 0 fully saturated rings. The zero-order valence-corrected chi connectivity index (χ0v) is 9.80. The second-order valence-corrected chi connectivity index (χ2v) is 5.81. The summed E-state index contributed by atoms with van der Waals surface area (Å²) in [4.78, 5) is 0. The fourth-order valence-electron chi connectivity index (χ4n) is 1.09. The van der Waals surface area contributed by atoms with Crippen molar-refractivity contribution in [2.75, 3.05) is 18.1 Å². The van der Waals surface area contributed by atoms with Gasteiger partial charge in [-0.2, -0.15) is 0 Å². The molecule has 0 amide bonds. The summed E-state index contributed by atoms with van der Waals surface area (Å²) in [6, 6.07) is 1.82. The molecule has 1 heterocycles. The normalized spacial score (nSPS) is 11.9. The molecule has 0 radical (unpaired) electrons. The van der Waals surface area contributed by atoms with Gasteiger partial charge in [0.2, 0.25) is 0 Å². The molecule has 1 aromatic heterocycles. The lowest BCUT2D eigenvalue weighted by atomic mass is 10.4. The zero-order chi connectivity index (χ0) is 11.3. The Labute approximate surface area is 89.8 Å².